The molecule has 1 amide bonds. The van der Waals surface area contributed by atoms with Crippen LogP contribution in [0.4, 0.5) is 4.79 Å². The number of hydrogen-bond donors (Lipinski definition) is 1. The minimum Gasteiger partial charge on any atom is -0.493 e. The topological polar surface area (TPSA) is 50.8 Å². The number of carbonyl (C=O) groups excluding carboxylic acids is 1. The van der Waals surface area contributed by atoms with Crippen LogP contribution >= 0.6 is 11.6 Å². The first-order valence-corrected chi connectivity index (χ1v) is 11.9. The molecule has 2 bridgehead atoms. The second-order valence-electron chi connectivity index (χ2n) is 10.2. The van der Waals surface area contributed by atoms with Crippen LogP contribution < -0.4 is 10.1 Å². The molecule has 2 aromatic rings. The van der Waals surface area contributed by atoms with Crippen molar-refractivity contribution >= 4 is 17.7 Å². The van der Waals surface area contributed by atoms with Crippen LogP contribution in [0.15, 0.2) is 36.4 Å². The standard InChI is InChI=1S/C26H31ClN2O3/c1-16-4-7-21(27)20(12-16)18-5-6-19-22(13-18)31-15-26(2,3)24(19)28-25(30)32-23-14-29-10-8-17(23)9-11-29/h4-7,12-13,17,23-24H,8-11,14-15H2,1-3H3,(H,28,30)/t23-,24?/m1/s1. The van der Waals surface area contributed by atoms with Crippen molar-refractivity contribution in [1.29, 1.82) is 0 Å². The van der Waals surface area contributed by atoms with Crippen LogP contribution in [0.2, 0.25) is 5.02 Å². The van der Waals surface area contributed by atoms with Crippen LogP contribution in [0.25, 0.3) is 11.1 Å². The van der Waals surface area contributed by atoms with E-state index in [9.17, 15) is 4.79 Å². The van der Waals surface area contributed by atoms with Gasteiger partial charge < -0.3 is 14.8 Å². The third-order valence-corrected chi connectivity index (χ3v) is 7.58. The van der Waals surface area contributed by atoms with Gasteiger partial charge in [0.05, 0.1) is 12.6 Å². The van der Waals surface area contributed by atoms with Crippen molar-refractivity contribution in [3.8, 4) is 16.9 Å². The molecular weight excluding hydrogens is 424 g/mol. The summed E-state index contributed by atoms with van der Waals surface area (Å²) in [6.45, 7) is 9.89. The maximum Gasteiger partial charge on any atom is 0.407 e. The van der Waals surface area contributed by atoms with E-state index < -0.39 is 0 Å². The average molecular weight is 455 g/mol. The lowest BCUT2D eigenvalue weighted by Gasteiger charge is -2.44. The maximum atomic E-state index is 12.9. The Bertz CT molecular complexity index is 1030. The lowest BCUT2D eigenvalue weighted by molar-refractivity contribution is -0.0361. The molecule has 5 nitrogen and oxygen atoms in total. The Balaban J connectivity index is 1.37. The van der Waals surface area contributed by atoms with Gasteiger partial charge in [0, 0.05) is 28.1 Å². The number of halogens is 1. The average Bonchev–Trinajstić information content (AvgIpc) is 2.78. The maximum absolute atomic E-state index is 12.9. The van der Waals surface area contributed by atoms with Crippen LogP contribution in [-0.4, -0.2) is 43.3 Å². The summed E-state index contributed by atoms with van der Waals surface area (Å²) in [5, 5.41) is 3.88. The molecule has 2 atom stereocenters. The molecule has 6 heteroatoms. The number of nitrogens with one attached hydrogen (secondary N) is 1. The summed E-state index contributed by atoms with van der Waals surface area (Å²) in [5.74, 6) is 1.27. The third kappa shape index (κ3) is 4.08. The lowest BCUT2D eigenvalue weighted by atomic mass is 9.78. The fourth-order valence-electron chi connectivity index (χ4n) is 5.30. The number of rotatable bonds is 3. The van der Waals surface area contributed by atoms with E-state index in [4.69, 9.17) is 21.1 Å². The van der Waals surface area contributed by atoms with Gasteiger partial charge in [-0.2, -0.15) is 0 Å². The Morgan fingerprint density at radius 3 is 2.69 bits per heavy atom. The van der Waals surface area contributed by atoms with E-state index in [2.05, 4.69) is 43.1 Å². The highest BCUT2D eigenvalue weighted by Crippen LogP contribution is 2.45. The number of fused-ring (bicyclic) bond motifs is 4. The van der Waals surface area contributed by atoms with Gasteiger partial charge in [0.2, 0.25) is 0 Å². The van der Waals surface area contributed by atoms with Crippen LogP contribution in [0.5, 0.6) is 5.75 Å². The Morgan fingerprint density at radius 1 is 1.19 bits per heavy atom. The second kappa shape index (κ2) is 8.27. The van der Waals surface area contributed by atoms with Gasteiger partial charge >= 0.3 is 6.09 Å². The minimum atomic E-state index is -0.333. The molecule has 3 fully saturated rings. The molecule has 170 valence electrons. The largest absolute Gasteiger partial charge is 0.493 e. The van der Waals surface area contributed by atoms with Gasteiger partial charge in [-0.15, -0.1) is 0 Å². The number of amides is 1. The van der Waals surface area contributed by atoms with Crippen LogP contribution in [0, 0.1) is 18.3 Å². The van der Waals surface area contributed by atoms with Gasteiger partial charge in [-0.1, -0.05) is 49.2 Å². The quantitative estimate of drug-likeness (QED) is 0.656. The number of hydrogen-bond acceptors (Lipinski definition) is 4. The van der Waals surface area contributed by atoms with Crippen molar-refractivity contribution in [2.24, 2.45) is 11.3 Å². The molecule has 2 aromatic carbocycles. The fraction of sp³-hybridized carbons (Fsp3) is 0.500. The number of benzene rings is 2. The summed E-state index contributed by atoms with van der Waals surface area (Å²) in [4.78, 5) is 15.3. The normalized spacial score (nSPS) is 27.9. The van der Waals surface area contributed by atoms with Crippen LogP contribution in [-0.2, 0) is 4.74 Å². The summed E-state index contributed by atoms with van der Waals surface area (Å²) < 4.78 is 12.0. The smallest absolute Gasteiger partial charge is 0.407 e. The summed E-state index contributed by atoms with van der Waals surface area (Å²) in [5.41, 5.74) is 3.85. The molecule has 4 heterocycles. The van der Waals surface area contributed by atoms with E-state index in [-0.39, 0.29) is 23.7 Å². The van der Waals surface area contributed by atoms with Crippen molar-refractivity contribution in [3.63, 3.8) is 0 Å². The number of aryl methyl sites for hydroxylation is 1. The number of alkyl carbamates (subject to hydrolysis) is 1. The molecule has 4 aliphatic heterocycles. The van der Waals surface area contributed by atoms with E-state index >= 15 is 0 Å². The molecule has 0 radical (unpaired) electrons. The second-order valence-corrected chi connectivity index (χ2v) is 10.6. The number of nitrogens with zero attached hydrogens (tertiary/aromatic N) is 1. The minimum absolute atomic E-state index is 0.00855. The van der Waals surface area contributed by atoms with Gasteiger partial charge in [0.25, 0.3) is 0 Å². The molecule has 0 aromatic heterocycles. The van der Waals surface area contributed by atoms with Crippen LogP contribution in [0.1, 0.15) is 43.9 Å². The zero-order valence-electron chi connectivity index (χ0n) is 19.0. The summed E-state index contributed by atoms with van der Waals surface area (Å²) in [7, 11) is 0. The van der Waals surface area contributed by atoms with Crippen molar-refractivity contribution in [1.82, 2.24) is 10.2 Å². The Hall–Kier alpha value is -2.24. The molecule has 1 N–H and O–H groups in total. The number of piperidine rings is 3. The highest BCUT2D eigenvalue weighted by Gasteiger charge is 2.41. The molecule has 0 aliphatic carbocycles. The summed E-state index contributed by atoms with van der Waals surface area (Å²) in [6.07, 6.45) is 1.90. The molecule has 4 aliphatic rings. The highest BCUT2D eigenvalue weighted by molar-refractivity contribution is 6.33. The first-order valence-electron chi connectivity index (χ1n) is 11.5. The zero-order valence-corrected chi connectivity index (χ0v) is 19.7. The van der Waals surface area contributed by atoms with Gasteiger partial charge in [0.15, 0.2) is 0 Å². The van der Waals surface area contributed by atoms with E-state index in [0.717, 1.165) is 60.5 Å². The molecule has 32 heavy (non-hydrogen) atoms. The van der Waals surface area contributed by atoms with Gasteiger partial charge in [0.1, 0.15) is 11.9 Å². The van der Waals surface area contributed by atoms with E-state index in [1.807, 2.05) is 24.3 Å². The van der Waals surface area contributed by atoms with E-state index in [1.54, 1.807) is 0 Å². The lowest BCUT2D eigenvalue weighted by Crippen LogP contribution is -2.53. The Morgan fingerprint density at radius 2 is 1.97 bits per heavy atom. The molecule has 3 saturated heterocycles. The van der Waals surface area contributed by atoms with Crippen molar-refractivity contribution in [3.05, 3.63) is 52.5 Å². The predicted octanol–water partition coefficient (Wildman–Crippen LogP) is 5.60. The van der Waals surface area contributed by atoms with Gasteiger partial charge in [-0.25, -0.2) is 4.79 Å². The van der Waals surface area contributed by atoms with Crippen LogP contribution in [0.3, 0.4) is 0 Å². The van der Waals surface area contributed by atoms with Crippen molar-refractivity contribution < 1.29 is 14.3 Å². The van der Waals surface area contributed by atoms with Gasteiger partial charge in [-0.05, 0) is 62.5 Å². The van der Waals surface area contributed by atoms with Crippen molar-refractivity contribution in [2.45, 2.75) is 45.8 Å². The highest BCUT2D eigenvalue weighted by atomic mass is 35.5. The summed E-state index contributed by atoms with van der Waals surface area (Å²) in [6, 6.07) is 11.9. The molecule has 0 spiro atoms. The first-order chi connectivity index (χ1) is 15.3. The third-order valence-electron chi connectivity index (χ3n) is 7.26. The summed E-state index contributed by atoms with van der Waals surface area (Å²) >= 11 is 6.46. The fourth-order valence-corrected chi connectivity index (χ4v) is 5.53. The molecular formula is C26H31ClN2O3. The zero-order chi connectivity index (χ0) is 22.5. The SMILES string of the molecule is Cc1ccc(Cl)c(-c2ccc3c(c2)OCC(C)(C)C3NC(=O)O[C@@H]2CN3CCC2CC3)c1. The number of ether oxygens (including phenoxy) is 2. The van der Waals surface area contributed by atoms with Gasteiger partial charge in [-0.3, -0.25) is 4.90 Å². The Labute approximate surface area is 195 Å². The number of carbonyl (C=O) groups is 1. The van der Waals surface area contributed by atoms with E-state index in [0.29, 0.717) is 17.5 Å². The van der Waals surface area contributed by atoms with E-state index in [1.165, 1.54) is 0 Å². The predicted molar refractivity (Wildman–Crippen MR) is 126 cm³/mol. The first kappa shape index (κ1) is 21.6. The molecule has 1 unspecified atom stereocenters. The Kier molecular flexibility index (Phi) is 5.58. The monoisotopic (exact) mass is 454 g/mol. The van der Waals surface area contributed by atoms with Crippen molar-refractivity contribution in [2.75, 3.05) is 26.2 Å². The molecule has 6 rings (SSSR count). The molecule has 0 saturated carbocycles.